The van der Waals surface area contributed by atoms with Gasteiger partial charge in [0.1, 0.15) is 12.2 Å². The largest absolute Gasteiger partial charge is 0.416 e. The number of amides is 4. The van der Waals surface area contributed by atoms with Gasteiger partial charge >= 0.3 is 12.2 Å². The zero-order valence-electron chi connectivity index (χ0n) is 22.0. The third-order valence-electron chi connectivity index (χ3n) is 6.85. The topological polar surface area (TPSA) is 76.2 Å². The Labute approximate surface area is 230 Å². The van der Waals surface area contributed by atoms with Crippen LogP contribution in [0.3, 0.4) is 0 Å². The highest BCUT2D eigenvalue weighted by Crippen LogP contribution is 2.31. The average Bonchev–Trinajstić information content (AvgIpc) is 2.85. The molecule has 2 saturated heterocycles. The van der Waals surface area contributed by atoms with Gasteiger partial charge < -0.3 is 24.9 Å². The Morgan fingerprint density at radius 1 is 1.10 bits per heavy atom. The molecule has 0 aliphatic carbocycles. The zero-order chi connectivity index (χ0) is 28.5. The molecular weight excluding hydrogens is 535 g/mol. The molecular formula is C27H31ClF3N5O3. The van der Waals surface area contributed by atoms with Crippen LogP contribution < -0.4 is 5.32 Å². The van der Waals surface area contributed by atoms with E-state index in [2.05, 4.69) is 5.32 Å². The van der Waals surface area contributed by atoms with Gasteiger partial charge in [-0.1, -0.05) is 35.4 Å². The Morgan fingerprint density at radius 3 is 2.44 bits per heavy atom. The summed E-state index contributed by atoms with van der Waals surface area (Å²) in [7, 11) is 3.60. The fourth-order valence-electron chi connectivity index (χ4n) is 5.10. The lowest BCUT2D eigenvalue weighted by Gasteiger charge is -2.52. The minimum absolute atomic E-state index is 0.0426. The molecule has 2 aliphatic rings. The van der Waals surface area contributed by atoms with Crippen LogP contribution >= 0.6 is 11.6 Å². The van der Waals surface area contributed by atoms with Gasteiger partial charge in [0.15, 0.2) is 0 Å². The van der Waals surface area contributed by atoms with Crippen molar-refractivity contribution in [3.8, 4) is 0 Å². The molecule has 2 aromatic carbocycles. The number of alkyl halides is 3. The second-order valence-corrected chi connectivity index (χ2v) is 10.6. The van der Waals surface area contributed by atoms with Crippen LogP contribution in [0, 0.1) is 6.92 Å². The number of nitrogens with one attached hydrogen (secondary N) is 1. The van der Waals surface area contributed by atoms with E-state index in [9.17, 15) is 27.6 Å². The van der Waals surface area contributed by atoms with E-state index in [1.807, 2.05) is 17.0 Å². The molecule has 4 amide bonds. The predicted octanol–water partition coefficient (Wildman–Crippen LogP) is 3.71. The quantitative estimate of drug-likeness (QED) is 0.579. The van der Waals surface area contributed by atoms with E-state index in [1.165, 1.54) is 9.80 Å². The summed E-state index contributed by atoms with van der Waals surface area (Å²) in [4.78, 5) is 46.3. The molecule has 2 aromatic rings. The van der Waals surface area contributed by atoms with Gasteiger partial charge in [0.25, 0.3) is 0 Å². The van der Waals surface area contributed by atoms with Crippen LogP contribution in [-0.2, 0) is 28.9 Å². The second-order valence-electron chi connectivity index (χ2n) is 10.2. The highest BCUT2D eigenvalue weighted by Gasteiger charge is 2.48. The fraction of sp³-hybridized carbons (Fsp3) is 0.444. The molecule has 1 N–H and O–H groups in total. The molecule has 2 heterocycles. The van der Waals surface area contributed by atoms with Gasteiger partial charge in [-0.3, -0.25) is 9.59 Å². The number of halogens is 4. The van der Waals surface area contributed by atoms with Crippen molar-refractivity contribution in [2.24, 2.45) is 0 Å². The van der Waals surface area contributed by atoms with E-state index in [4.69, 9.17) is 11.6 Å². The summed E-state index contributed by atoms with van der Waals surface area (Å²) in [5.74, 6) is -0.436. The maximum atomic E-state index is 13.5. The van der Waals surface area contributed by atoms with Crippen molar-refractivity contribution in [1.82, 2.24) is 24.9 Å². The van der Waals surface area contributed by atoms with Crippen LogP contribution in [0.1, 0.15) is 28.7 Å². The van der Waals surface area contributed by atoms with Crippen LogP contribution in [0.4, 0.5) is 18.0 Å². The predicted molar refractivity (Wildman–Crippen MR) is 140 cm³/mol. The summed E-state index contributed by atoms with van der Waals surface area (Å²) in [6, 6.07) is 9.44. The van der Waals surface area contributed by atoms with Crippen LogP contribution in [0.15, 0.2) is 42.5 Å². The summed E-state index contributed by atoms with van der Waals surface area (Å²) < 4.78 is 39.8. The molecule has 8 nitrogen and oxygen atoms in total. The van der Waals surface area contributed by atoms with Crippen LogP contribution in [0.2, 0.25) is 5.02 Å². The number of fused-ring (bicyclic) bond motifs is 1. The highest BCUT2D eigenvalue weighted by atomic mass is 35.5. The van der Waals surface area contributed by atoms with Gasteiger partial charge in [-0.2, -0.15) is 13.2 Å². The number of carbonyl (C=O) groups excluding carboxylic acids is 3. The molecule has 2 atom stereocenters. The number of hydrogen-bond donors (Lipinski definition) is 1. The highest BCUT2D eigenvalue weighted by molar-refractivity contribution is 6.30. The standard InChI is InChI=1S/C27H31ClF3N5O3/c1-17-10-19(12-20(11-17)27(29,30)31)13-32-26(39)35-9-8-24(37)36-22(15-33(2)3)25(38)34(16-23(35)36)14-18-4-6-21(28)7-5-18/h4-7,10-12,22-23H,8-9,13-16H2,1-3H3,(H,32,39)/t22-,23+/m0/s1. The molecule has 39 heavy (non-hydrogen) atoms. The van der Waals surface area contributed by atoms with Gasteiger partial charge in [0, 0.05) is 37.6 Å². The monoisotopic (exact) mass is 565 g/mol. The Bertz CT molecular complexity index is 1240. The Kier molecular flexibility index (Phi) is 8.41. The van der Waals surface area contributed by atoms with Crippen molar-refractivity contribution in [3.63, 3.8) is 0 Å². The van der Waals surface area contributed by atoms with Crippen molar-refractivity contribution in [2.45, 2.75) is 44.8 Å². The summed E-state index contributed by atoms with van der Waals surface area (Å²) in [6.45, 7) is 2.23. The van der Waals surface area contributed by atoms with Crippen molar-refractivity contribution in [2.75, 3.05) is 33.7 Å². The Hall–Kier alpha value is -3.31. The maximum absolute atomic E-state index is 13.5. The Balaban J connectivity index is 1.56. The molecule has 0 radical (unpaired) electrons. The van der Waals surface area contributed by atoms with Gasteiger partial charge in [0.05, 0.1) is 12.1 Å². The molecule has 0 unspecified atom stereocenters. The first-order valence-corrected chi connectivity index (χ1v) is 12.9. The second kappa shape index (κ2) is 11.4. The van der Waals surface area contributed by atoms with E-state index in [0.29, 0.717) is 16.1 Å². The van der Waals surface area contributed by atoms with E-state index in [-0.39, 0.29) is 51.0 Å². The number of nitrogens with zero attached hydrogens (tertiary/aromatic N) is 4. The van der Waals surface area contributed by atoms with Crippen molar-refractivity contribution < 1.29 is 27.6 Å². The number of benzene rings is 2. The molecule has 2 aliphatic heterocycles. The zero-order valence-corrected chi connectivity index (χ0v) is 22.7. The molecule has 0 aromatic heterocycles. The molecule has 0 saturated carbocycles. The molecule has 2 fully saturated rings. The average molecular weight is 566 g/mol. The third kappa shape index (κ3) is 6.65. The van der Waals surface area contributed by atoms with Gasteiger partial charge in [-0.25, -0.2) is 4.79 Å². The SMILES string of the molecule is Cc1cc(CNC(=O)N2CCC(=O)N3[C@@H]2CN(Cc2ccc(Cl)cc2)C(=O)[C@@H]3CN(C)C)cc(C(F)(F)F)c1. The molecule has 4 rings (SSSR count). The number of urea groups is 1. The smallest absolute Gasteiger partial charge is 0.334 e. The number of carbonyl (C=O) groups is 3. The first-order valence-electron chi connectivity index (χ1n) is 12.5. The van der Waals surface area contributed by atoms with E-state index in [0.717, 1.165) is 17.7 Å². The fourth-order valence-corrected chi connectivity index (χ4v) is 5.23. The van der Waals surface area contributed by atoms with E-state index in [1.54, 1.807) is 44.1 Å². The number of piperazine rings is 1. The summed E-state index contributed by atoms with van der Waals surface area (Å²) in [5, 5.41) is 3.28. The lowest BCUT2D eigenvalue weighted by Crippen LogP contribution is -2.73. The summed E-state index contributed by atoms with van der Waals surface area (Å²) >= 11 is 6.00. The van der Waals surface area contributed by atoms with Crippen LogP contribution in [0.5, 0.6) is 0 Å². The van der Waals surface area contributed by atoms with Crippen molar-refractivity contribution in [3.05, 3.63) is 69.7 Å². The lowest BCUT2D eigenvalue weighted by molar-refractivity contribution is -0.168. The first kappa shape index (κ1) is 28.7. The van der Waals surface area contributed by atoms with E-state index >= 15 is 0 Å². The summed E-state index contributed by atoms with van der Waals surface area (Å²) in [5.41, 5.74) is 0.813. The van der Waals surface area contributed by atoms with Gasteiger partial charge in [0.2, 0.25) is 11.8 Å². The van der Waals surface area contributed by atoms with E-state index < -0.39 is 30.0 Å². The maximum Gasteiger partial charge on any atom is 0.416 e. The Morgan fingerprint density at radius 2 is 1.79 bits per heavy atom. The minimum Gasteiger partial charge on any atom is -0.334 e. The summed E-state index contributed by atoms with van der Waals surface area (Å²) in [6.07, 6.45) is -5.17. The molecule has 210 valence electrons. The number of rotatable bonds is 6. The van der Waals surface area contributed by atoms with Crippen LogP contribution in [-0.4, -0.2) is 83.4 Å². The van der Waals surface area contributed by atoms with Gasteiger partial charge in [-0.05, 0) is 56.4 Å². The number of aryl methyl sites for hydroxylation is 1. The number of hydrogen-bond acceptors (Lipinski definition) is 4. The minimum atomic E-state index is -4.50. The normalized spacial score (nSPS) is 19.9. The van der Waals surface area contributed by atoms with Crippen molar-refractivity contribution >= 4 is 29.4 Å². The first-order chi connectivity index (χ1) is 18.3. The van der Waals surface area contributed by atoms with Crippen molar-refractivity contribution in [1.29, 1.82) is 0 Å². The molecule has 0 spiro atoms. The third-order valence-corrected chi connectivity index (χ3v) is 7.10. The van der Waals surface area contributed by atoms with Crippen LogP contribution in [0.25, 0.3) is 0 Å². The molecule has 0 bridgehead atoms. The van der Waals surface area contributed by atoms with Gasteiger partial charge in [-0.15, -0.1) is 0 Å². The lowest BCUT2D eigenvalue weighted by atomic mass is 10.0. The molecule has 12 heteroatoms. The number of likely N-dealkylation sites (N-methyl/N-ethyl adjacent to an activating group) is 1.